The summed E-state index contributed by atoms with van der Waals surface area (Å²) in [6.07, 6.45) is 0. The molecule has 0 unspecified atom stereocenters. The molecule has 2 aromatic rings. The van der Waals surface area contributed by atoms with Crippen LogP contribution in [-0.2, 0) is 16.1 Å². The molecule has 0 spiro atoms. The standard InChI is InChI=1S/C9H7ClFN3O2S/c1-14-8(6-2-4-7(11)5-3-6)12-13-9(14)17(10,15)16/h2-5H,1H3. The number of aromatic nitrogens is 3. The SMILES string of the molecule is Cn1c(-c2ccc(F)cc2)nnc1S(=O)(=O)Cl. The number of nitrogens with zero attached hydrogens (tertiary/aromatic N) is 3. The lowest BCUT2D eigenvalue weighted by atomic mass is 10.2. The van der Waals surface area contributed by atoms with Crippen molar-refractivity contribution in [2.75, 3.05) is 0 Å². The van der Waals surface area contributed by atoms with Crippen LogP contribution in [0.1, 0.15) is 0 Å². The topological polar surface area (TPSA) is 64.8 Å². The minimum Gasteiger partial charge on any atom is -0.300 e. The van der Waals surface area contributed by atoms with E-state index in [0.29, 0.717) is 11.4 Å². The summed E-state index contributed by atoms with van der Waals surface area (Å²) in [6.45, 7) is 0. The number of benzene rings is 1. The van der Waals surface area contributed by atoms with Crippen molar-refractivity contribution in [2.45, 2.75) is 5.16 Å². The van der Waals surface area contributed by atoms with Gasteiger partial charge in [-0.3, -0.25) is 4.57 Å². The van der Waals surface area contributed by atoms with Crippen LogP contribution in [0, 0.1) is 5.82 Å². The number of hydrogen-bond acceptors (Lipinski definition) is 4. The summed E-state index contributed by atoms with van der Waals surface area (Å²) < 4.78 is 36.2. The predicted octanol–water partition coefficient (Wildman–Crippen LogP) is 1.55. The van der Waals surface area contributed by atoms with Gasteiger partial charge in [0.2, 0.25) is 0 Å². The molecule has 0 fully saturated rings. The molecule has 2 rings (SSSR count). The molecular formula is C9H7ClFN3O2S. The zero-order chi connectivity index (χ0) is 12.6. The lowest BCUT2D eigenvalue weighted by Gasteiger charge is -2.01. The Morgan fingerprint density at radius 2 is 1.82 bits per heavy atom. The second kappa shape index (κ2) is 4.08. The molecule has 0 saturated heterocycles. The van der Waals surface area contributed by atoms with E-state index in [1.165, 1.54) is 35.9 Å². The third-order valence-electron chi connectivity index (χ3n) is 2.16. The van der Waals surface area contributed by atoms with Crippen LogP contribution in [0.25, 0.3) is 11.4 Å². The van der Waals surface area contributed by atoms with Gasteiger partial charge >= 0.3 is 0 Å². The van der Waals surface area contributed by atoms with Crippen LogP contribution in [0.5, 0.6) is 0 Å². The highest BCUT2D eigenvalue weighted by atomic mass is 35.7. The van der Waals surface area contributed by atoms with E-state index in [2.05, 4.69) is 10.2 Å². The van der Waals surface area contributed by atoms with Gasteiger partial charge in [-0.1, -0.05) is 0 Å². The Balaban J connectivity index is 2.55. The highest BCUT2D eigenvalue weighted by Gasteiger charge is 2.20. The van der Waals surface area contributed by atoms with Crippen molar-refractivity contribution in [3.8, 4) is 11.4 Å². The molecule has 1 aromatic carbocycles. The molecule has 0 saturated carbocycles. The van der Waals surface area contributed by atoms with Crippen molar-refractivity contribution in [1.82, 2.24) is 14.8 Å². The molecule has 0 bridgehead atoms. The maximum Gasteiger partial charge on any atom is 0.296 e. The molecule has 0 radical (unpaired) electrons. The minimum absolute atomic E-state index is 0.296. The Bertz CT molecular complexity index is 651. The average molecular weight is 276 g/mol. The van der Waals surface area contributed by atoms with Crippen molar-refractivity contribution >= 4 is 19.7 Å². The summed E-state index contributed by atoms with van der Waals surface area (Å²) in [5, 5.41) is 6.85. The summed E-state index contributed by atoms with van der Waals surface area (Å²) in [6, 6.07) is 5.45. The van der Waals surface area contributed by atoms with Crippen LogP contribution in [0.15, 0.2) is 29.4 Å². The molecule has 1 aromatic heterocycles. The van der Waals surface area contributed by atoms with Crippen LogP contribution < -0.4 is 0 Å². The first kappa shape index (κ1) is 12.0. The molecule has 8 heteroatoms. The summed E-state index contributed by atoms with van der Waals surface area (Å²) in [5.41, 5.74) is 0.549. The Labute approximate surface area is 101 Å². The molecule has 0 N–H and O–H groups in total. The Morgan fingerprint density at radius 1 is 1.24 bits per heavy atom. The molecule has 17 heavy (non-hydrogen) atoms. The quantitative estimate of drug-likeness (QED) is 0.780. The predicted molar refractivity (Wildman–Crippen MR) is 59.4 cm³/mol. The second-order valence-electron chi connectivity index (χ2n) is 3.31. The zero-order valence-electron chi connectivity index (χ0n) is 8.63. The van der Waals surface area contributed by atoms with Crippen LogP contribution in [-0.4, -0.2) is 23.2 Å². The van der Waals surface area contributed by atoms with Crippen molar-refractivity contribution in [3.63, 3.8) is 0 Å². The van der Waals surface area contributed by atoms with Gasteiger partial charge < -0.3 is 0 Å². The lowest BCUT2D eigenvalue weighted by molar-refractivity contribution is 0.593. The Hall–Kier alpha value is -1.47. The van der Waals surface area contributed by atoms with Gasteiger partial charge in [0, 0.05) is 23.3 Å². The molecule has 5 nitrogen and oxygen atoms in total. The first-order valence-corrected chi connectivity index (χ1v) is 6.80. The average Bonchev–Trinajstić information content (AvgIpc) is 2.61. The van der Waals surface area contributed by atoms with Gasteiger partial charge in [-0.05, 0) is 24.3 Å². The van der Waals surface area contributed by atoms with Gasteiger partial charge in [-0.15, -0.1) is 10.2 Å². The second-order valence-corrected chi connectivity index (χ2v) is 5.77. The molecule has 0 aliphatic carbocycles. The summed E-state index contributed by atoms with van der Waals surface area (Å²) in [4.78, 5) is 0. The fraction of sp³-hybridized carbons (Fsp3) is 0.111. The number of hydrogen-bond donors (Lipinski definition) is 0. The highest BCUT2D eigenvalue weighted by Crippen LogP contribution is 2.21. The maximum absolute atomic E-state index is 12.7. The summed E-state index contributed by atoms with van der Waals surface area (Å²) in [7, 11) is 2.70. The third kappa shape index (κ3) is 2.29. The van der Waals surface area contributed by atoms with Crippen LogP contribution in [0.3, 0.4) is 0 Å². The third-order valence-corrected chi connectivity index (χ3v) is 3.36. The van der Waals surface area contributed by atoms with Crippen molar-refractivity contribution in [3.05, 3.63) is 30.1 Å². The van der Waals surface area contributed by atoms with Crippen LogP contribution in [0.2, 0.25) is 0 Å². The first-order chi connectivity index (χ1) is 7.89. The van der Waals surface area contributed by atoms with E-state index in [9.17, 15) is 12.8 Å². The maximum atomic E-state index is 12.7. The molecule has 90 valence electrons. The fourth-order valence-corrected chi connectivity index (χ4v) is 2.33. The van der Waals surface area contributed by atoms with Gasteiger partial charge in [-0.2, -0.15) is 0 Å². The summed E-state index contributed by atoms with van der Waals surface area (Å²) in [5.74, 6) is -0.0923. The molecule has 1 heterocycles. The van der Waals surface area contributed by atoms with Gasteiger partial charge in [0.1, 0.15) is 5.82 Å². The Kier molecular flexibility index (Phi) is 2.88. The number of rotatable bonds is 2. The number of halogens is 2. The molecule has 0 aliphatic heterocycles. The minimum atomic E-state index is -3.94. The van der Waals surface area contributed by atoms with E-state index in [-0.39, 0.29) is 11.0 Å². The highest BCUT2D eigenvalue weighted by molar-refractivity contribution is 8.13. The van der Waals surface area contributed by atoms with Gasteiger partial charge in [0.05, 0.1) is 0 Å². The van der Waals surface area contributed by atoms with Crippen molar-refractivity contribution in [1.29, 1.82) is 0 Å². The first-order valence-electron chi connectivity index (χ1n) is 4.49. The smallest absolute Gasteiger partial charge is 0.296 e. The van der Waals surface area contributed by atoms with E-state index in [0.717, 1.165) is 0 Å². The van der Waals surface area contributed by atoms with E-state index < -0.39 is 9.05 Å². The van der Waals surface area contributed by atoms with E-state index >= 15 is 0 Å². The monoisotopic (exact) mass is 275 g/mol. The van der Waals surface area contributed by atoms with Gasteiger partial charge in [0.25, 0.3) is 14.2 Å². The molecule has 0 aliphatic rings. The zero-order valence-corrected chi connectivity index (χ0v) is 10.2. The molecule has 0 atom stereocenters. The van der Waals surface area contributed by atoms with E-state index in [1.807, 2.05) is 0 Å². The van der Waals surface area contributed by atoms with Crippen molar-refractivity contribution in [2.24, 2.45) is 7.05 Å². The van der Waals surface area contributed by atoms with Crippen molar-refractivity contribution < 1.29 is 12.8 Å². The van der Waals surface area contributed by atoms with Gasteiger partial charge in [0.15, 0.2) is 5.82 Å². The normalized spacial score (nSPS) is 11.7. The van der Waals surface area contributed by atoms with E-state index in [4.69, 9.17) is 10.7 Å². The van der Waals surface area contributed by atoms with E-state index in [1.54, 1.807) is 0 Å². The van der Waals surface area contributed by atoms with Crippen LogP contribution >= 0.6 is 10.7 Å². The van der Waals surface area contributed by atoms with Gasteiger partial charge in [-0.25, -0.2) is 12.8 Å². The molecular weight excluding hydrogens is 269 g/mol. The Morgan fingerprint density at radius 3 is 2.29 bits per heavy atom. The summed E-state index contributed by atoms with van der Waals surface area (Å²) >= 11 is 0. The largest absolute Gasteiger partial charge is 0.300 e. The van der Waals surface area contributed by atoms with Crippen LogP contribution in [0.4, 0.5) is 4.39 Å². The lowest BCUT2D eigenvalue weighted by Crippen LogP contribution is -2.02. The molecule has 0 amide bonds. The fourth-order valence-electron chi connectivity index (χ4n) is 1.38.